The zero-order chi connectivity index (χ0) is 19.3. The standard InChI is InChI=1S/C22H26N4O2/c1-28-16-15-26-20-10-6-5-9-19(20)24-22(26)25-13-11-18(12-14-25)23-21(27)17-7-3-2-4-8-17/h2-10,18H,11-16H2,1H3,(H,23,27). The Morgan fingerprint density at radius 2 is 1.82 bits per heavy atom. The monoisotopic (exact) mass is 378 g/mol. The lowest BCUT2D eigenvalue weighted by Crippen LogP contribution is -2.45. The molecule has 146 valence electrons. The fourth-order valence-electron chi connectivity index (χ4n) is 3.79. The van der Waals surface area contributed by atoms with Crippen LogP contribution in [0.2, 0.25) is 0 Å². The number of benzene rings is 2. The highest BCUT2D eigenvalue weighted by atomic mass is 16.5. The van der Waals surface area contributed by atoms with E-state index in [0.717, 1.165) is 49.5 Å². The van der Waals surface area contributed by atoms with Crippen LogP contribution in [0.4, 0.5) is 5.95 Å². The number of nitrogens with zero attached hydrogens (tertiary/aromatic N) is 3. The molecule has 1 aromatic heterocycles. The van der Waals surface area contributed by atoms with E-state index in [1.54, 1.807) is 7.11 Å². The predicted molar refractivity (Wildman–Crippen MR) is 111 cm³/mol. The molecule has 1 aliphatic heterocycles. The van der Waals surface area contributed by atoms with Crippen LogP contribution in [0.1, 0.15) is 23.2 Å². The molecule has 6 nitrogen and oxygen atoms in total. The maximum absolute atomic E-state index is 12.4. The highest BCUT2D eigenvalue weighted by molar-refractivity contribution is 5.94. The summed E-state index contributed by atoms with van der Waals surface area (Å²) in [5.74, 6) is 0.998. The van der Waals surface area contributed by atoms with Crippen LogP contribution < -0.4 is 10.2 Å². The topological polar surface area (TPSA) is 59.4 Å². The van der Waals surface area contributed by atoms with Crippen molar-refractivity contribution in [1.29, 1.82) is 0 Å². The number of imidazole rings is 1. The average molecular weight is 378 g/mol. The number of carbonyl (C=O) groups excluding carboxylic acids is 1. The normalized spacial score (nSPS) is 15.1. The third-order valence-electron chi connectivity index (χ3n) is 5.30. The number of aromatic nitrogens is 2. The van der Waals surface area contributed by atoms with Gasteiger partial charge >= 0.3 is 0 Å². The van der Waals surface area contributed by atoms with Gasteiger partial charge in [0.05, 0.1) is 17.6 Å². The molecule has 1 saturated heterocycles. The molecule has 2 aromatic carbocycles. The lowest BCUT2D eigenvalue weighted by molar-refractivity contribution is 0.0931. The molecule has 1 fully saturated rings. The number of nitrogens with one attached hydrogen (secondary N) is 1. The van der Waals surface area contributed by atoms with Gasteiger partial charge in [-0.25, -0.2) is 4.98 Å². The Morgan fingerprint density at radius 1 is 1.11 bits per heavy atom. The number of hydrogen-bond donors (Lipinski definition) is 1. The average Bonchev–Trinajstić information content (AvgIpc) is 3.12. The summed E-state index contributed by atoms with van der Waals surface area (Å²) in [4.78, 5) is 19.6. The van der Waals surface area contributed by atoms with Crippen LogP contribution in [0.25, 0.3) is 11.0 Å². The van der Waals surface area contributed by atoms with Gasteiger partial charge in [0.2, 0.25) is 5.95 Å². The molecule has 0 atom stereocenters. The molecular formula is C22H26N4O2. The summed E-state index contributed by atoms with van der Waals surface area (Å²) in [6.45, 7) is 3.17. The van der Waals surface area contributed by atoms with E-state index in [1.165, 1.54) is 0 Å². The molecule has 1 aliphatic rings. The van der Waals surface area contributed by atoms with E-state index in [0.29, 0.717) is 12.2 Å². The maximum atomic E-state index is 12.4. The van der Waals surface area contributed by atoms with Crippen LogP contribution in [0.3, 0.4) is 0 Å². The Morgan fingerprint density at radius 3 is 2.57 bits per heavy atom. The minimum atomic E-state index is 0.00591. The van der Waals surface area contributed by atoms with Gasteiger partial charge in [0.25, 0.3) is 5.91 Å². The van der Waals surface area contributed by atoms with E-state index in [4.69, 9.17) is 9.72 Å². The number of anilines is 1. The van der Waals surface area contributed by atoms with Crippen molar-refractivity contribution < 1.29 is 9.53 Å². The first-order chi connectivity index (χ1) is 13.8. The smallest absolute Gasteiger partial charge is 0.251 e. The van der Waals surface area contributed by atoms with Crippen LogP contribution >= 0.6 is 0 Å². The van der Waals surface area contributed by atoms with E-state index < -0.39 is 0 Å². The maximum Gasteiger partial charge on any atom is 0.251 e. The van der Waals surface area contributed by atoms with Crippen LogP contribution in [0.5, 0.6) is 0 Å². The summed E-state index contributed by atoms with van der Waals surface area (Å²) < 4.78 is 7.53. The Hall–Kier alpha value is -2.86. The number of para-hydroxylation sites is 2. The van der Waals surface area contributed by atoms with Gasteiger partial charge in [0.1, 0.15) is 0 Å². The first-order valence-corrected chi connectivity index (χ1v) is 9.81. The van der Waals surface area contributed by atoms with Gasteiger partial charge in [-0.05, 0) is 37.1 Å². The van der Waals surface area contributed by atoms with Crippen molar-refractivity contribution in [3.8, 4) is 0 Å². The number of amides is 1. The number of carbonyl (C=O) groups is 1. The number of ether oxygens (including phenoxy) is 1. The third-order valence-corrected chi connectivity index (χ3v) is 5.30. The van der Waals surface area contributed by atoms with Gasteiger partial charge in [-0.2, -0.15) is 0 Å². The van der Waals surface area contributed by atoms with Crippen molar-refractivity contribution in [1.82, 2.24) is 14.9 Å². The number of methoxy groups -OCH3 is 1. The second-order valence-electron chi connectivity index (χ2n) is 7.15. The molecule has 28 heavy (non-hydrogen) atoms. The second kappa shape index (κ2) is 8.44. The minimum Gasteiger partial charge on any atom is -0.383 e. The summed E-state index contributed by atoms with van der Waals surface area (Å²) in [5, 5.41) is 3.17. The molecule has 0 saturated carbocycles. The van der Waals surface area contributed by atoms with Crippen molar-refractivity contribution in [3.63, 3.8) is 0 Å². The highest BCUT2D eigenvalue weighted by Crippen LogP contribution is 2.25. The van der Waals surface area contributed by atoms with Crippen molar-refractivity contribution in [2.24, 2.45) is 0 Å². The van der Waals surface area contributed by atoms with E-state index in [-0.39, 0.29) is 11.9 Å². The zero-order valence-electron chi connectivity index (χ0n) is 16.2. The van der Waals surface area contributed by atoms with Crippen LogP contribution in [-0.4, -0.2) is 48.3 Å². The van der Waals surface area contributed by atoms with Crippen LogP contribution in [0.15, 0.2) is 54.6 Å². The summed E-state index contributed by atoms with van der Waals surface area (Å²) in [6.07, 6.45) is 1.82. The van der Waals surface area contributed by atoms with Crippen molar-refractivity contribution in [2.45, 2.75) is 25.4 Å². The van der Waals surface area contributed by atoms with Gasteiger partial charge in [0, 0.05) is 38.3 Å². The molecule has 0 unspecified atom stereocenters. The quantitative estimate of drug-likeness (QED) is 0.716. The molecular weight excluding hydrogens is 352 g/mol. The van der Waals surface area contributed by atoms with Gasteiger partial charge < -0.3 is 19.5 Å². The largest absolute Gasteiger partial charge is 0.383 e. The number of hydrogen-bond acceptors (Lipinski definition) is 4. The Balaban J connectivity index is 1.44. The molecule has 3 aromatic rings. The number of piperidine rings is 1. The second-order valence-corrected chi connectivity index (χ2v) is 7.15. The predicted octanol–water partition coefficient (Wildman–Crippen LogP) is 3.08. The number of fused-ring (bicyclic) bond motifs is 1. The fraction of sp³-hybridized carbons (Fsp3) is 0.364. The summed E-state index contributed by atoms with van der Waals surface area (Å²) in [6, 6.07) is 17.8. The molecule has 1 amide bonds. The first-order valence-electron chi connectivity index (χ1n) is 9.81. The molecule has 0 bridgehead atoms. The molecule has 0 radical (unpaired) electrons. The summed E-state index contributed by atoms with van der Waals surface area (Å²) >= 11 is 0. The van der Waals surface area contributed by atoms with Crippen molar-refractivity contribution >= 4 is 22.9 Å². The molecule has 2 heterocycles. The summed E-state index contributed by atoms with van der Waals surface area (Å²) in [7, 11) is 1.72. The van der Waals surface area contributed by atoms with Gasteiger partial charge in [-0.1, -0.05) is 30.3 Å². The van der Waals surface area contributed by atoms with Crippen LogP contribution in [-0.2, 0) is 11.3 Å². The molecule has 1 N–H and O–H groups in total. The molecule has 0 aliphatic carbocycles. The Labute approximate surface area is 165 Å². The summed E-state index contributed by atoms with van der Waals surface area (Å²) in [5.41, 5.74) is 2.86. The highest BCUT2D eigenvalue weighted by Gasteiger charge is 2.24. The minimum absolute atomic E-state index is 0.00591. The third kappa shape index (κ3) is 3.87. The lowest BCUT2D eigenvalue weighted by Gasteiger charge is -2.33. The first kappa shape index (κ1) is 18.5. The molecule has 6 heteroatoms. The van der Waals surface area contributed by atoms with Crippen LogP contribution in [0, 0.1) is 0 Å². The SMILES string of the molecule is COCCn1c(N2CCC(NC(=O)c3ccccc3)CC2)nc2ccccc21. The lowest BCUT2D eigenvalue weighted by atomic mass is 10.0. The van der Waals surface area contributed by atoms with Gasteiger partial charge in [-0.3, -0.25) is 4.79 Å². The van der Waals surface area contributed by atoms with Gasteiger partial charge in [-0.15, -0.1) is 0 Å². The van der Waals surface area contributed by atoms with E-state index >= 15 is 0 Å². The van der Waals surface area contributed by atoms with E-state index in [1.807, 2.05) is 42.5 Å². The molecule has 0 spiro atoms. The molecule has 4 rings (SSSR count). The van der Waals surface area contributed by atoms with Gasteiger partial charge in [0.15, 0.2) is 0 Å². The van der Waals surface area contributed by atoms with E-state index in [2.05, 4.69) is 26.9 Å². The van der Waals surface area contributed by atoms with E-state index in [9.17, 15) is 4.79 Å². The Bertz CT molecular complexity index is 930. The number of rotatable bonds is 6. The van der Waals surface area contributed by atoms with Crippen molar-refractivity contribution in [3.05, 3.63) is 60.2 Å². The Kier molecular flexibility index (Phi) is 5.58. The fourth-order valence-corrected chi connectivity index (χ4v) is 3.79. The van der Waals surface area contributed by atoms with Crippen molar-refractivity contribution in [2.75, 3.05) is 31.7 Å². The zero-order valence-corrected chi connectivity index (χ0v) is 16.2.